The molecule has 1 amide bonds. The maximum atomic E-state index is 12.0. The third kappa shape index (κ3) is 4.77. The summed E-state index contributed by atoms with van der Waals surface area (Å²) in [6, 6.07) is 7.48. The number of nitrogens with zero attached hydrogens (tertiary/aromatic N) is 5. The zero-order chi connectivity index (χ0) is 22.5. The van der Waals surface area contributed by atoms with E-state index in [1.165, 1.54) is 0 Å². The number of ether oxygens (including phenoxy) is 2. The van der Waals surface area contributed by atoms with Crippen LogP contribution in [0.15, 0.2) is 42.9 Å². The highest BCUT2D eigenvalue weighted by molar-refractivity contribution is 5.93. The summed E-state index contributed by atoms with van der Waals surface area (Å²) in [6.45, 7) is 3.52. The highest BCUT2D eigenvalue weighted by atomic mass is 16.5. The highest BCUT2D eigenvalue weighted by Gasteiger charge is 2.25. The SMILES string of the molecule is COc1ccc(OC2CCN(c3nnc(C(N)=O)c(Cc4ccncc4)c3C)CC2)cn1. The van der Waals surface area contributed by atoms with Gasteiger partial charge in [-0.1, -0.05) is 0 Å². The molecule has 0 atom stereocenters. The summed E-state index contributed by atoms with van der Waals surface area (Å²) in [5, 5.41) is 8.53. The Morgan fingerprint density at radius 3 is 2.53 bits per heavy atom. The van der Waals surface area contributed by atoms with Crippen molar-refractivity contribution in [3.05, 3.63) is 65.2 Å². The zero-order valence-electron chi connectivity index (χ0n) is 18.2. The van der Waals surface area contributed by atoms with Crippen LogP contribution in [0.2, 0.25) is 0 Å². The van der Waals surface area contributed by atoms with Gasteiger partial charge in [0, 0.05) is 50.8 Å². The molecule has 32 heavy (non-hydrogen) atoms. The van der Waals surface area contributed by atoms with Gasteiger partial charge in [0.25, 0.3) is 5.91 Å². The molecule has 166 valence electrons. The van der Waals surface area contributed by atoms with Gasteiger partial charge in [0.1, 0.15) is 11.9 Å². The maximum absolute atomic E-state index is 12.0. The van der Waals surface area contributed by atoms with Crippen molar-refractivity contribution >= 4 is 11.7 Å². The third-order valence-electron chi connectivity index (χ3n) is 5.64. The molecule has 4 heterocycles. The first-order valence-electron chi connectivity index (χ1n) is 10.5. The fourth-order valence-corrected chi connectivity index (χ4v) is 3.90. The second-order valence-electron chi connectivity index (χ2n) is 7.71. The summed E-state index contributed by atoms with van der Waals surface area (Å²) in [7, 11) is 1.59. The van der Waals surface area contributed by atoms with E-state index in [-0.39, 0.29) is 11.8 Å². The normalized spacial score (nSPS) is 14.2. The molecular formula is C23H26N6O3. The van der Waals surface area contributed by atoms with Crippen molar-refractivity contribution in [3.8, 4) is 11.6 Å². The lowest BCUT2D eigenvalue weighted by atomic mass is 9.99. The zero-order valence-corrected chi connectivity index (χ0v) is 18.2. The van der Waals surface area contributed by atoms with Gasteiger partial charge in [-0.05, 0) is 41.8 Å². The van der Waals surface area contributed by atoms with Crippen LogP contribution in [0.4, 0.5) is 5.82 Å². The van der Waals surface area contributed by atoms with Crippen LogP contribution in [0.5, 0.6) is 11.6 Å². The molecule has 0 spiro atoms. The first-order valence-corrected chi connectivity index (χ1v) is 10.5. The lowest BCUT2D eigenvalue weighted by Crippen LogP contribution is -2.39. The number of amides is 1. The van der Waals surface area contributed by atoms with Gasteiger partial charge in [-0.2, -0.15) is 0 Å². The number of methoxy groups -OCH3 is 1. The number of pyridine rings is 2. The number of hydrogen-bond donors (Lipinski definition) is 1. The molecule has 9 heteroatoms. The molecule has 0 unspecified atom stereocenters. The standard InChI is InChI=1S/C23H26N6O3/c1-15-19(13-16-5-9-25-10-6-16)21(22(24)30)27-28-23(15)29-11-7-17(8-12-29)32-18-3-4-20(31-2)26-14-18/h3-6,9-10,14,17H,7-8,11-13H2,1-2H3,(H2,24,30). The lowest BCUT2D eigenvalue weighted by Gasteiger charge is -2.33. The number of aromatic nitrogens is 4. The molecule has 3 aromatic heterocycles. The van der Waals surface area contributed by atoms with Crippen molar-refractivity contribution < 1.29 is 14.3 Å². The van der Waals surface area contributed by atoms with Crippen LogP contribution < -0.4 is 20.1 Å². The molecule has 2 N–H and O–H groups in total. The minimum Gasteiger partial charge on any atom is -0.489 e. The Balaban J connectivity index is 1.48. The first-order chi connectivity index (χ1) is 15.5. The Morgan fingerprint density at radius 1 is 1.16 bits per heavy atom. The van der Waals surface area contributed by atoms with E-state index >= 15 is 0 Å². The molecule has 1 saturated heterocycles. The minimum atomic E-state index is -0.573. The molecule has 4 rings (SSSR count). The second-order valence-corrected chi connectivity index (χ2v) is 7.71. The Hall–Kier alpha value is -3.75. The average Bonchev–Trinajstić information content (AvgIpc) is 2.82. The molecule has 0 bridgehead atoms. The molecule has 0 saturated carbocycles. The molecule has 0 radical (unpaired) electrons. The lowest BCUT2D eigenvalue weighted by molar-refractivity contribution is 0.0993. The Labute approximate surface area is 186 Å². The van der Waals surface area contributed by atoms with Gasteiger partial charge in [-0.3, -0.25) is 9.78 Å². The number of hydrogen-bond acceptors (Lipinski definition) is 8. The number of primary amides is 1. The Kier molecular flexibility index (Phi) is 6.44. The fraction of sp³-hybridized carbons (Fsp3) is 0.348. The highest BCUT2D eigenvalue weighted by Crippen LogP contribution is 2.28. The largest absolute Gasteiger partial charge is 0.489 e. The topological polar surface area (TPSA) is 116 Å². The molecular weight excluding hydrogens is 408 g/mol. The molecule has 0 aromatic carbocycles. The van der Waals surface area contributed by atoms with Crippen molar-refractivity contribution in [1.29, 1.82) is 0 Å². The van der Waals surface area contributed by atoms with Crippen molar-refractivity contribution in [2.75, 3.05) is 25.1 Å². The smallest absolute Gasteiger partial charge is 0.269 e. The average molecular weight is 435 g/mol. The summed E-state index contributed by atoms with van der Waals surface area (Å²) in [4.78, 5) is 22.4. The van der Waals surface area contributed by atoms with Gasteiger partial charge >= 0.3 is 0 Å². The summed E-state index contributed by atoms with van der Waals surface area (Å²) < 4.78 is 11.2. The predicted octanol–water partition coefficient (Wildman–Crippen LogP) is 2.32. The van der Waals surface area contributed by atoms with Gasteiger partial charge in [0.2, 0.25) is 5.88 Å². The van der Waals surface area contributed by atoms with Crippen LogP contribution in [-0.4, -0.2) is 52.4 Å². The van der Waals surface area contributed by atoms with Crippen LogP contribution >= 0.6 is 0 Å². The third-order valence-corrected chi connectivity index (χ3v) is 5.64. The molecule has 3 aromatic rings. The van der Waals surface area contributed by atoms with Crippen molar-refractivity contribution in [2.24, 2.45) is 5.73 Å². The van der Waals surface area contributed by atoms with E-state index in [2.05, 4.69) is 25.1 Å². The van der Waals surface area contributed by atoms with E-state index in [1.54, 1.807) is 31.8 Å². The summed E-state index contributed by atoms with van der Waals surface area (Å²) in [5.41, 5.74) is 8.55. The number of rotatable bonds is 7. The van der Waals surface area contributed by atoms with Gasteiger partial charge in [-0.25, -0.2) is 4.98 Å². The molecule has 9 nitrogen and oxygen atoms in total. The van der Waals surface area contributed by atoms with Crippen LogP contribution in [-0.2, 0) is 6.42 Å². The number of anilines is 1. The van der Waals surface area contributed by atoms with Crippen LogP contribution in [0, 0.1) is 6.92 Å². The van der Waals surface area contributed by atoms with Crippen LogP contribution in [0.1, 0.15) is 40.0 Å². The maximum Gasteiger partial charge on any atom is 0.269 e. The first kappa shape index (κ1) is 21.5. The number of nitrogens with two attached hydrogens (primary N) is 1. The van der Waals surface area contributed by atoms with Crippen molar-refractivity contribution in [1.82, 2.24) is 20.2 Å². The number of carbonyl (C=O) groups excluding carboxylic acids is 1. The predicted molar refractivity (Wildman–Crippen MR) is 119 cm³/mol. The van der Waals surface area contributed by atoms with E-state index in [0.717, 1.165) is 54.2 Å². The monoisotopic (exact) mass is 434 g/mol. The van der Waals surface area contributed by atoms with E-state index in [4.69, 9.17) is 15.2 Å². The van der Waals surface area contributed by atoms with Gasteiger partial charge in [0.15, 0.2) is 11.5 Å². The molecule has 1 aliphatic heterocycles. The second kappa shape index (κ2) is 9.59. The summed E-state index contributed by atoms with van der Waals surface area (Å²) >= 11 is 0. The van der Waals surface area contributed by atoms with Gasteiger partial charge in [0.05, 0.1) is 13.3 Å². The van der Waals surface area contributed by atoms with Crippen LogP contribution in [0.25, 0.3) is 0 Å². The number of piperidine rings is 1. The van der Waals surface area contributed by atoms with Crippen molar-refractivity contribution in [3.63, 3.8) is 0 Å². The number of carbonyl (C=O) groups is 1. The quantitative estimate of drug-likeness (QED) is 0.602. The van der Waals surface area contributed by atoms with Gasteiger partial charge < -0.3 is 20.1 Å². The van der Waals surface area contributed by atoms with E-state index in [9.17, 15) is 4.79 Å². The van der Waals surface area contributed by atoms with Gasteiger partial charge in [-0.15, -0.1) is 10.2 Å². The molecule has 0 aliphatic carbocycles. The molecule has 1 aliphatic rings. The fourth-order valence-electron chi connectivity index (χ4n) is 3.90. The summed E-state index contributed by atoms with van der Waals surface area (Å²) in [5.74, 6) is 1.49. The Morgan fingerprint density at radius 2 is 1.91 bits per heavy atom. The summed E-state index contributed by atoms with van der Waals surface area (Å²) in [6.07, 6.45) is 7.44. The van der Waals surface area contributed by atoms with E-state index in [0.29, 0.717) is 12.3 Å². The minimum absolute atomic E-state index is 0.0934. The Bertz CT molecular complexity index is 1070. The van der Waals surface area contributed by atoms with E-state index < -0.39 is 5.91 Å². The van der Waals surface area contributed by atoms with Crippen molar-refractivity contribution in [2.45, 2.75) is 32.3 Å². The molecule has 1 fully saturated rings. The van der Waals surface area contributed by atoms with Crippen LogP contribution in [0.3, 0.4) is 0 Å². The van der Waals surface area contributed by atoms with E-state index in [1.807, 2.05) is 25.1 Å².